The lowest BCUT2D eigenvalue weighted by molar-refractivity contribution is -0.910. The Bertz CT molecular complexity index is 792. The van der Waals surface area contributed by atoms with Crippen molar-refractivity contribution in [2.45, 2.75) is 25.8 Å². The molecule has 1 unspecified atom stereocenters. The van der Waals surface area contributed by atoms with Gasteiger partial charge in [0.05, 0.1) is 32.9 Å². The van der Waals surface area contributed by atoms with E-state index in [2.05, 4.69) is 11.4 Å². The molecule has 6 heteroatoms. The summed E-state index contributed by atoms with van der Waals surface area (Å²) in [6.45, 7) is 3.96. The molecule has 2 aromatic rings. The first-order valence-electron chi connectivity index (χ1n) is 9.73. The zero-order valence-corrected chi connectivity index (χ0v) is 16.8. The van der Waals surface area contributed by atoms with E-state index >= 15 is 0 Å². The van der Waals surface area contributed by atoms with E-state index in [1.54, 1.807) is 14.2 Å². The highest BCUT2D eigenvalue weighted by Crippen LogP contribution is 2.31. The molecule has 0 bridgehead atoms. The molecule has 0 aliphatic carbocycles. The van der Waals surface area contributed by atoms with Crippen LogP contribution in [0.1, 0.15) is 31.4 Å². The topological polar surface area (TPSA) is 61.2 Å². The number of likely N-dealkylation sites (tertiary alicyclic amines) is 1. The minimum absolute atomic E-state index is 0.0125. The maximum atomic E-state index is 12.6. The summed E-state index contributed by atoms with van der Waals surface area (Å²) in [4.78, 5) is 13.9. The second-order valence-electron chi connectivity index (χ2n) is 6.89. The number of benzene rings is 2. The molecule has 1 saturated heterocycles. The number of nitrogens with one attached hydrogen (secondary N) is 2. The molecule has 0 aromatic heterocycles. The molecule has 28 heavy (non-hydrogen) atoms. The van der Waals surface area contributed by atoms with E-state index in [1.165, 1.54) is 4.90 Å². The normalized spacial score (nSPS) is 18.5. The average Bonchev–Trinajstić information content (AvgIpc) is 3.16. The molecule has 150 valence electrons. The molecule has 0 saturated carbocycles. The van der Waals surface area contributed by atoms with E-state index < -0.39 is 0 Å². The number of hydrogen-bond donors (Lipinski definition) is 2. The van der Waals surface area contributed by atoms with E-state index in [9.17, 15) is 4.79 Å². The van der Waals surface area contributed by atoms with Crippen LogP contribution in [0.15, 0.2) is 42.5 Å². The van der Waals surface area contributed by atoms with E-state index in [0.29, 0.717) is 13.2 Å². The van der Waals surface area contributed by atoms with Gasteiger partial charge in [0.25, 0.3) is 5.91 Å². The van der Waals surface area contributed by atoms with Crippen LogP contribution in [0.3, 0.4) is 0 Å². The van der Waals surface area contributed by atoms with Crippen LogP contribution in [0.4, 0.5) is 5.69 Å². The predicted molar refractivity (Wildman–Crippen MR) is 108 cm³/mol. The molecule has 2 atom stereocenters. The quantitative estimate of drug-likeness (QED) is 0.733. The smallest absolute Gasteiger partial charge is 0.279 e. The Labute approximate surface area is 166 Å². The Kier molecular flexibility index (Phi) is 6.76. The van der Waals surface area contributed by atoms with Gasteiger partial charge in [-0.05, 0) is 43.3 Å². The van der Waals surface area contributed by atoms with Crippen LogP contribution in [0.2, 0.25) is 0 Å². The third-order valence-corrected chi connectivity index (χ3v) is 5.14. The third kappa shape index (κ3) is 4.75. The van der Waals surface area contributed by atoms with Crippen LogP contribution in [-0.2, 0) is 4.79 Å². The van der Waals surface area contributed by atoms with Crippen LogP contribution in [0, 0.1) is 0 Å². The third-order valence-electron chi connectivity index (χ3n) is 5.14. The van der Waals surface area contributed by atoms with Gasteiger partial charge in [0.2, 0.25) is 0 Å². The molecule has 2 aromatic carbocycles. The van der Waals surface area contributed by atoms with Crippen molar-refractivity contribution < 1.29 is 23.9 Å². The zero-order valence-electron chi connectivity index (χ0n) is 16.8. The molecule has 6 nitrogen and oxygen atoms in total. The fourth-order valence-electron chi connectivity index (χ4n) is 3.82. The first-order chi connectivity index (χ1) is 13.6. The lowest BCUT2D eigenvalue weighted by Gasteiger charge is -2.23. The first kappa shape index (κ1) is 20.0. The van der Waals surface area contributed by atoms with Gasteiger partial charge >= 0.3 is 0 Å². The van der Waals surface area contributed by atoms with Crippen molar-refractivity contribution in [1.29, 1.82) is 0 Å². The lowest BCUT2D eigenvalue weighted by atomic mass is 10.0. The minimum atomic E-state index is 0.0125. The Morgan fingerprint density at radius 2 is 1.86 bits per heavy atom. The average molecular weight is 385 g/mol. The molecule has 1 aliphatic rings. The van der Waals surface area contributed by atoms with Crippen LogP contribution >= 0.6 is 0 Å². The second-order valence-corrected chi connectivity index (χ2v) is 6.89. The van der Waals surface area contributed by atoms with Crippen LogP contribution in [-0.4, -0.2) is 39.8 Å². The predicted octanol–water partition coefficient (Wildman–Crippen LogP) is 2.46. The molecule has 2 N–H and O–H groups in total. The van der Waals surface area contributed by atoms with Gasteiger partial charge in [-0.25, -0.2) is 0 Å². The van der Waals surface area contributed by atoms with Gasteiger partial charge in [0.15, 0.2) is 6.54 Å². The lowest BCUT2D eigenvalue weighted by Crippen LogP contribution is -3.11. The molecule has 1 aliphatic heterocycles. The summed E-state index contributed by atoms with van der Waals surface area (Å²) in [6.07, 6.45) is 2.12. The number of carbonyl (C=O) groups excluding carboxylic acids is 1. The van der Waals surface area contributed by atoms with E-state index in [0.717, 1.165) is 47.9 Å². The van der Waals surface area contributed by atoms with Gasteiger partial charge in [-0.3, -0.25) is 4.79 Å². The Hall–Kier alpha value is -2.73. The van der Waals surface area contributed by atoms with Crippen LogP contribution in [0.5, 0.6) is 17.2 Å². The summed E-state index contributed by atoms with van der Waals surface area (Å²) in [6, 6.07) is 13.6. The number of anilines is 1. The Morgan fingerprint density at radius 1 is 1.11 bits per heavy atom. The van der Waals surface area contributed by atoms with Crippen molar-refractivity contribution in [1.82, 2.24) is 0 Å². The summed E-state index contributed by atoms with van der Waals surface area (Å²) in [5, 5.41) is 2.99. The van der Waals surface area contributed by atoms with Crippen molar-refractivity contribution in [3.8, 4) is 17.2 Å². The summed E-state index contributed by atoms with van der Waals surface area (Å²) in [5.74, 6) is 2.40. The number of amides is 1. The summed E-state index contributed by atoms with van der Waals surface area (Å²) in [7, 11) is 3.32. The van der Waals surface area contributed by atoms with Gasteiger partial charge in [0.1, 0.15) is 23.3 Å². The zero-order chi connectivity index (χ0) is 19.9. The number of carbonyl (C=O) groups is 1. The van der Waals surface area contributed by atoms with Crippen molar-refractivity contribution in [2.75, 3.05) is 39.2 Å². The van der Waals surface area contributed by atoms with E-state index in [-0.39, 0.29) is 11.9 Å². The van der Waals surface area contributed by atoms with Gasteiger partial charge in [-0.15, -0.1) is 0 Å². The first-order valence-corrected chi connectivity index (χ1v) is 9.73. The number of methoxy groups -OCH3 is 2. The van der Waals surface area contributed by atoms with Crippen molar-refractivity contribution >= 4 is 11.6 Å². The maximum absolute atomic E-state index is 12.6. The molecular formula is C22H29N2O4+. The van der Waals surface area contributed by atoms with Gasteiger partial charge in [0, 0.05) is 24.6 Å². The van der Waals surface area contributed by atoms with Crippen LogP contribution < -0.4 is 24.4 Å². The number of rotatable bonds is 8. The monoisotopic (exact) mass is 385 g/mol. The second kappa shape index (κ2) is 9.46. The summed E-state index contributed by atoms with van der Waals surface area (Å²) >= 11 is 0. The fourth-order valence-corrected chi connectivity index (χ4v) is 3.82. The highest BCUT2D eigenvalue weighted by atomic mass is 16.5. The Morgan fingerprint density at radius 3 is 2.54 bits per heavy atom. The molecule has 1 fully saturated rings. The standard InChI is InChI=1S/C22H28N2O4/c1-4-28-17-9-7-16(8-10-17)23-22(25)15-24-13-5-6-20(24)19-12-11-18(26-2)14-21(19)27-3/h7-12,14,20H,4-6,13,15H2,1-3H3,(H,23,25)/p+1/t20-/m1/s1. The summed E-state index contributed by atoms with van der Waals surface area (Å²) in [5.41, 5.74) is 1.91. The van der Waals surface area contributed by atoms with E-state index in [1.807, 2.05) is 43.3 Å². The molecular weight excluding hydrogens is 356 g/mol. The Balaban J connectivity index is 1.65. The maximum Gasteiger partial charge on any atom is 0.279 e. The molecule has 1 amide bonds. The van der Waals surface area contributed by atoms with E-state index in [4.69, 9.17) is 14.2 Å². The molecule has 3 rings (SSSR count). The molecule has 0 spiro atoms. The van der Waals surface area contributed by atoms with Crippen molar-refractivity contribution in [3.05, 3.63) is 48.0 Å². The summed E-state index contributed by atoms with van der Waals surface area (Å²) < 4.78 is 16.3. The molecule has 0 radical (unpaired) electrons. The fraction of sp³-hybridized carbons (Fsp3) is 0.409. The minimum Gasteiger partial charge on any atom is -0.497 e. The van der Waals surface area contributed by atoms with Gasteiger partial charge in [-0.1, -0.05) is 0 Å². The van der Waals surface area contributed by atoms with Crippen molar-refractivity contribution in [3.63, 3.8) is 0 Å². The van der Waals surface area contributed by atoms with Crippen LogP contribution in [0.25, 0.3) is 0 Å². The highest BCUT2D eigenvalue weighted by molar-refractivity contribution is 5.91. The van der Waals surface area contributed by atoms with Crippen molar-refractivity contribution in [2.24, 2.45) is 0 Å². The largest absolute Gasteiger partial charge is 0.497 e. The number of hydrogen-bond acceptors (Lipinski definition) is 4. The number of ether oxygens (including phenoxy) is 3. The van der Waals surface area contributed by atoms with Gasteiger partial charge in [-0.2, -0.15) is 0 Å². The SMILES string of the molecule is CCOc1ccc(NC(=O)C[NH+]2CCC[C@@H]2c2ccc(OC)cc2OC)cc1. The highest BCUT2D eigenvalue weighted by Gasteiger charge is 2.33. The molecule has 1 heterocycles. The van der Waals surface area contributed by atoms with Gasteiger partial charge < -0.3 is 24.4 Å². The number of quaternary nitrogens is 1.